The molecule has 0 radical (unpaired) electrons. The van der Waals surface area contributed by atoms with Crippen LogP contribution in [-0.4, -0.2) is 73.5 Å². The van der Waals surface area contributed by atoms with Crippen LogP contribution in [0, 0.1) is 0 Å². The van der Waals surface area contributed by atoms with Gasteiger partial charge >= 0.3 is 5.97 Å². The second-order valence-corrected chi connectivity index (χ2v) is 16.7. The summed E-state index contributed by atoms with van der Waals surface area (Å²) in [7, 11) is 3.98. The van der Waals surface area contributed by atoms with Crippen LogP contribution in [0.4, 0.5) is 0 Å². The van der Waals surface area contributed by atoms with Crippen LogP contribution in [0.15, 0.2) is 36.5 Å². The Morgan fingerprint density at radius 2 is 1.05 bits per heavy atom. The van der Waals surface area contributed by atoms with E-state index < -0.39 is 5.54 Å². The number of carbonyl (C=O) groups excluding carboxylic acids is 3. The second-order valence-electron chi connectivity index (χ2n) is 16.7. The van der Waals surface area contributed by atoms with Crippen molar-refractivity contribution in [3.63, 3.8) is 0 Å². The van der Waals surface area contributed by atoms with Crippen LogP contribution in [0.3, 0.4) is 0 Å². The summed E-state index contributed by atoms with van der Waals surface area (Å²) in [5.41, 5.74) is -0.811. The van der Waals surface area contributed by atoms with Crippen molar-refractivity contribution >= 4 is 17.8 Å². The van der Waals surface area contributed by atoms with Crippen LogP contribution in [0.2, 0.25) is 0 Å². The third kappa shape index (κ3) is 27.3. The molecule has 1 N–H and O–H groups in total. The van der Waals surface area contributed by atoms with Crippen molar-refractivity contribution < 1.29 is 19.1 Å². The van der Waals surface area contributed by atoms with Gasteiger partial charge in [0, 0.05) is 19.4 Å². The minimum Gasteiger partial charge on any atom is -0.464 e. The maximum Gasteiger partial charge on any atom is 0.305 e. The summed E-state index contributed by atoms with van der Waals surface area (Å²) in [5, 5.41) is 3.21. The van der Waals surface area contributed by atoms with E-state index in [0.717, 1.165) is 64.3 Å². The zero-order valence-corrected chi connectivity index (χ0v) is 37.2. The molecular formula is C49H89N3O4. The number of carbonyl (C=O) groups is 3. The maximum absolute atomic E-state index is 13.8. The number of rotatable bonds is 39. The molecule has 0 saturated heterocycles. The van der Waals surface area contributed by atoms with E-state index in [4.69, 9.17) is 4.74 Å². The quantitative estimate of drug-likeness (QED) is 0.0381. The largest absolute Gasteiger partial charge is 0.464 e. The van der Waals surface area contributed by atoms with Crippen LogP contribution < -0.4 is 5.32 Å². The molecule has 0 unspecified atom stereocenters. The van der Waals surface area contributed by atoms with Crippen molar-refractivity contribution in [1.29, 1.82) is 0 Å². The molecule has 0 bridgehead atoms. The molecule has 0 aromatic heterocycles. The van der Waals surface area contributed by atoms with Crippen molar-refractivity contribution in [2.45, 2.75) is 218 Å². The molecule has 2 amide bonds. The Labute approximate surface area is 346 Å². The Bertz CT molecular complexity index is 1050. The number of esters is 1. The summed E-state index contributed by atoms with van der Waals surface area (Å²) in [5.74, 6) is -0.242. The molecule has 0 heterocycles. The van der Waals surface area contributed by atoms with E-state index in [9.17, 15) is 14.4 Å². The zero-order chi connectivity index (χ0) is 40.8. The Balaban J connectivity index is 2.43. The summed E-state index contributed by atoms with van der Waals surface area (Å²) in [4.78, 5) is 43.8. The summed E-state index contributed by atoms with van der Waals surface area (Å²) in [6.45, 7) is 6.40. The van der Waals surface area contributed by atoms with Crippen LogP contribution in [0.5, 0.6) is 0 Å². The Kier molecular flexibility index (Phi) is 34.0. The zero-order valence-electron chi connectivity index (χ0n) is 37.2. The van der Waals surface area contributed by atoms with E-state index in [1.165, 1.54) is 116 Å². The normalized spacial score (nSPS) is 13.9. The van der Waals surface area contributed by atoms with Gasteiger partial charge in [0.25, 0.3) is 0 Å². The van der Waals surface area contributed by atoms with E-state index >= 15 is 0 Å². The van der Waals surface area contributed by atoms with E-state index in [1.807, 2.05) is 14.1 Å². The predicted molar refractivity (Wildman–Crippen MR) is 239 cm³/mol. The summed E-state index contributed by atoms with van der Waals surface area (Å²) in [6, 6.07) is 0. The first kappa shape index (κ1) is 51.6. The minimum absolute atomic E-state index is 0.0199. The van der Waals surface area contributed by atoms with Crippen molar-refractivity contribution in [2.75, 3.05) is 40.3 Å². The van der Waals surface area contributed by atoms with Crippen molar-refractivity contribution in [3.8, 4) is 0 Å². The molecular weight excluding hydrogens is 695 g/mol. The number of nitrogens with zero attached hydrogens (tertiary/aromatic N) is 2. The van der Waals surface area contributed by atoms with Crippen LogP contribution >= 0.6 is 0 Å². The molecule has 0 aromatic carbocycles. The number of nitrogens with one attached hydrogen (secondary N) is 1. The number of unbranched alkanes of at least 4 members (excludes halogenated alkanes) is 20. The van der Waals surface area contributed by atoms with Gasteiger partial charge in [-0.05, 0) is 117 Å². The maximum atomic E-state index is 13.8. The standard InChI is InChI=1S/C49H89N3O4/c1-5-7-9-11-13-15-17-19-21-23-25-27-29-31-33-35-42-50-48(55)49(40-37-41-49)52(44-45-56-47(54)39-36-43-51(3)4)46(53)38-34-32-30-28-26-24-22-20-18-16-14-12-10-8-6-2/h14,16,19-22H,5-13,15,17-18,23-45H2,1-4H3,(H,50,55)/b16-14-,21-19-,22-20-. The smallest absolute Gasteiger partial charge is 0.305 e. The van der Waals surface area contributed by atoms with Crippen LogP contribution in [-0.2, 0) is 19.1 Å². The third-order valence-corrected chi connectivity index (χ3v) is 11.3. The first-order valence-electron chi connectivity index (χ1n) is 23.7. The lowest BCUT2D eigenvalue weighted by molar-refractivity contribution is -0.157. The second kappa shape index (κ2) is 36.9. The van der Waals surface area contributed by atoms with Gasteiger partial charge in [-0.1, -0.05) is 140 Å². The lowest BCUT2D eigenvalue weighted by Gasteiger charge is -2.48. The Hall–Kier alpha value is -2.41. The molecule has 1 fully saturated rings. The highest BCUT2D eigenvalue weighted by Crippen LogP contribution is 2.38. The predicted octanol–water partition coefficient (Wildman–Crippen LogP) is 12.6. The van der Waals surface area contributed by atoms with Gasteiger partial charge in [0.05, 0.1) is 6.54 Å². The van der Waals surface area contributed by atoms with E-state index in [-0.39, 0.29) is 30.9 Å². The summed E-state index contributed by atoms with van der Waals surface area (Å²) >= 11 is 0. The van der Waals surface area contributed by atoms with Crippen LogP contribution in [0.1, 0.15) is 213 Å². The lowest BCUT2D eigenvalue weighted by Crippen LogP contribution is -2.65. The first-order chi connectivity index (χ1) is 27.4. The number of hydrogen-bond donors (Lipinski definition) is 1. The van der Waals surface area contributed by atoms with Gasteiger partial charge < -0.3 is 19.9 Å². The molecule has 1 saturated carbocycles. The molecule has 56 heavy (non-hydrogen) atoms. The molecule has 1 aliphatic rings. The number of hydrogen-bond acceptors (Lipinski definition) is 5. The summed E-state index contributed by atoms with van der Waals surface area (Å²) < 4.78 is 5.58. The first-order valence-corrected chi connectivity index (χ1v) is 23.7. The van der Waals surface area contributed by atoms with Gasteiger partial charge in [-0.2, -0.15) is 0 Å². The minimum atomic E-state index is -0.811. The fraction of sp³-hybridized carbons (Fsp3) is 0.816. The number of amides is 2. The third-order valence-electron chi connectivity index (χ3n) is 11.3. The number of ether oxygens (including phenoxy) is 1. The van der Waals surface area contributed by atoms with E-state index in [0.29, 0.717) is 32.2 Å². The summed E-state index contributed by atoms with van der Waals surface area (Å²) in [6.07, 6.45) is 47.9. The molecule has 0 aromatic rings. The molecule has 0 aliphatic heterocycles. The molecule has 0 spiro atoms. The van der Waals surface area contributed by atoms with Crippen molar-refractivity contribution in [3.05, 3.63) is 36.5 Å². The highest BCUT2D eigenvalue weighted by Gasteiger charge is 2.50. The monoisotopic (exact) mass is 784 g/mol. The Morgan fingerprint density at radius 3 is 1.59 bits per heavy atom. The molecule has 1 aliphatic carbocycles. The highest BCUT2D eigenvalue weighted by atomic mass is 16.5. The molecule has 0 atom stereocenters. The number of allylic oxidation sites excluding steroid dienone is 6. The average molecular weight is 784 g/mol. The molecule has 1 rings (SSSR count). The molecule has 324 valence electrons. The lowest BCUT2D eigenvalue weighted by atomic mass is 9.74. The molecule has 7 nitrogen and oxygen atoms in total. The van der Waals surface area contributed by atoms with Gasteiger partial charge in [0.2, 0.25) is 11.8 Å². The Morgan fingerprint density at radius 1 is 0.571 bits per heavy atom. The SMILES string of the molecule is CCCCC/C=C\C/C=C\CCCCCCCC(=O)N(CCOC(=O)CCCN(C)C)C1(C(=O)NCCCCCCCC/C=C\CCCCCCCC)CCC1. The fourth-order valence-corrected chi connectivity index (χ4v) is 7.53. The van der Waals surface area contributed by atoms with Gasteiger partial charge in [-0.3, -0.25) is 14.4 Å². The fourth-order valence-electron chi connectivity index (χ4n) is 7.53. The van der Waals surface area contributed by atoms with Crippen molar-refractivity contribution in [1.82, 2.24) is 15.1 Å². The van der Waals surface area contributed by atoms with Gasteiger partial charge in [-0.15, -0.1) is 0 Å². The van der Waals surface area contributed by atoms with Gasteiger partial charge in [-0.25, -0.2) is 0 Å². The van der Waals surface area contributed by atoms with Gasteiger partial charge in [0.15, 0.2) is 0 Å². The van der Waals surface area contributed by atoms with Gasteiger partial charge in [0.1, 0.15) is 12.1 Å². The molecule has 7 heteroatoms. The highest BCUT2D eigenvalue weighted by molar-refractivity contribution is 5.92. The van der Waals surface area contributed by atoms with Crippen LogP contribution in [0.25, 0.3) is 0 Å². The van der Waals surface area contributed by atoms with Crippen molar-refractivity contribution in [2.24, 2.45) is 0 Å². The average Bonchev–Trinajstić information content (AvgIpc) is 3.16. The topological polar surface area (TPSA) is 79.0 Å². The van der Waals surface area contributed by atoms with E-state index in [1.54, 1.807) is 4.90 Å². The van der Waals surface area contributed by atoms with E-state index in [2.05, 4.69) is 60.5 Å².